The fourth-order valence-corrected chi connectivity index (χ4v) is 2.36. The highest BCUT2D eigenvalue weighted by molar-refractivity contribution is 7.99. The summed E-state index contributed by atoms with van der Waals surface area (Å²) in [5.74, 6) is 0. The second kappa shape index (κ2) is 5.42. The van der Waals surface area contributed by atoms with Gasteiger partial charge in [-0.1, -0.05) is 35.0 Å². The van der Waals surface area contributed by atoms with E-state index in [4.69, 9.17) is 28.5 Å². The van der Waals surface area contributed by atoms with Crippen LogP contribution in [0.5, 0.6) is 0 Å². The topological polar surface area (TPSA) is 36.7 Å². The summed E-state index contributed by atoms with van der Waals surface area (Å²) in [4.78, 5) is 5.03. The molecule has 0 spiro atoms. The van der Waals surface area contributed by atoms with Gasteiger partial charge in [-0.2, -0.15) is 5.26 Å². The van der Waals surface area contributed by atoms with Gasteiger partial charge in [0.2, 0.25) is 0 Å². The number of rotatable bonds is 2. The normalized spacial score (nSPS) is 9.94. The first-order valence-corrected chi connectivity index (χ1v) is 6.25. The molecule has 0 unspecified atom stereocenters. The Morgan fingerprint density at radius 3 is 2.59 bits per heavy atom. The Morgan fingerprint density at radius 1 is 1.18 bits per heavy atom. The lowest BCUT2D eigenvalue weighted by atomic mass is 10.2. The van der Waals surface area contributed by atoms with Crippen LogP contribution >= 0.6 is 35.0 Å². The van der Waals surface area contributed by atoms with Crippen LogP contribution in [0, 0.1) is 11.3 Å². The van der Waals surface area contributed by atoms with Crippen molar-refractivity contribution in [2.45, 2.75) is 9.92 Å². The highest BCUT2D eigenvalue weighted by Crippen LogP contribution is 2.32. The molecule has 0 amide bonds. The summed E-state index contributed by atoms with van der Waals surface area (Å²) in [6.45, 7) is 0. The molecule has 0 saturated heterocycles. The number of hydrogen-bond acceptors (Lipinski definition) is 3. The maximum absolute atomic E-state index is 8.73. The van der Waals surface area contributed by atoms with E-state index in [0.29, 0.717) is 15.6 Å². The van der Waals surface area contributed by atoms with E-state index in [1.54, 1.807) is 24.4 Å². The van der Waals surface area contributed by atoms with Crippen LogP contribution in [0.25, 0.3) is 0 Å². The highest BCUT2D eigenvalue weighted by atomic mass is 35.5. The van der Waals surface area contributed by atoms with Crippen LogP contribution in [0.15, 0.2) is 46.5 Å². The molecular weight excluding hydrogens is 275 g/mol. The quantitative estimate of drug-likeness (QED) is 0.818. The number of nitrogens with zero attached hydrogens (tertiary/aromatic N) is 2. The van der Waals surface area contributed by atoms with Crippen molar-refractivity contribution in [3.05, 3.63) is 52.1 Å². The molecule has 0 saturated carbocycles. The van der Waals surface area contributed by atoms with Crippen molar-refractivity contribution in [1.82, 2.24) is 4.98 Å². The molecule has 17 heavy (non-hydrogen) atoms. The summed E-state index contributed by atoms with van der Waals surface area (Å²) < 4.78 is 0. The molecule has 1 aromatic heterocycles. The first-order valence-electron chi connectivity index (χ1n) is 4.68. The van der Waals surface area contributed by atoms with Crippen LogP contribution in [0.3, 0.4) is 0 Å². The van der Waals surface area contributed by atoms with Crippen molar-refractivity contribution >= 4 is 35.0 Å². The molecule has 0 aliphatic carbocycles. The average molecular weight is 281 g/mol. The molecule has 1 heterocycles. The molecule has 2 aromatic rings. The third kappa shape index (κ3) is 3.13. The molecule has 1 aromatic carbocycles. The van der Waals surface area contributed by atoms with Crippen LogP contribution < -0.4 is 0 Å². The van der Waals surface area contributed by atoms with Crippen molar-refractivity contribution in [2.24, 2.45) is 0 Å². The van der Waals surface area contributed by atoms with E-state index in [9.17, 15) is 0 Å². The van der Waals surface area contributed by atoms with Gasteiger partial charge in [-0.25, -0.2) is 4.98 Å². The SMILES string of the molecule is N#Cc1ccc(Sc2ccc(Cl)cn2)c(Cl)c1. The third-order valence-electron chi connectivity index (χ3n) is 1.98. The zero-order valence-electron chi connectivity index (χ0n) is 8.52. The fourth-order valence-electron chi connectivity index (χ4n) is 1.19. The number of aromatic nitrogens is 1. The van der Waals surface area contributed by atoms with Crippen LogP contribution in [-0.4, -0.2) is 4.98 Å². The molecular formula is C12H6Cl2N2S. The van der Waals surface area contributed by atoms with Crippen molar-refractivity contribution < 1.29 is 0 Å². The number of hydrogen-bond donors (Lipinski definition) is 0. The van der Waals surface area contributed by atoms with Crippen molar-refractivity contribution in [2.75, 3.05) is 0 Å². The zero-order valence-corrected chi connectivity index (χ0v) is 10.9. The minimum Gasteiger partial charge on any atom is -0.248 e. The third-order valence-corrected chi connectivity index (χ3v) is 3.65. The largest absolute Gasteiger partial charge is 0.248 e. The smallest absolute Gasteiger partial charge is 0.101 e. The summed E-state index contributed by atoms with van der Waals surface area (Å²) >= 11 is 13.2. The van der Waals surface area contributed by atoms with Crippen LogP contribution in [0.2, 0.25) is 10.0 Å². The summed E-state index contributed by atoms with van der Waals surface area (Å²) in [6.07, 6.45) is 1.58. The number of pyridine rings is 1. The second-order valence-electron chi connectivity index (χ2n) is 3.17. The molecule has 2 nitrogen and oxygen atoms in total. The van der Waals surface area contributed by atoms with Gasteiger partial charge in [0.15, 0.2) is 0 Å². The average Bonchev–Trinajstić information content (AvgIpc) is 2.34. The van der Waals surface area contributed by atoms with Gasteiger partial charge in [0.1, 0.15) is 5.03 Å². The standard InChI is InChI=1S/C12H6Cl2N2S/c13-9-2-4-12(16-7-9)17-11-3-1-8(6-15)5-10(11)14/h1-5,7H. The number of nitriles is 1. The lowest BCUT2D eigenvalue weighted by Gasteiger charge is -2.03. The van der Waals surface area contributed by atoms with E-state index in [-0.39, 0.29) is 0 Å². The van der Waals surface area contributed by atoms with Crippen molar-refractivity contribution in [3.8, 4) is 6.07 Å². The predicted octanol–water partition coefficient (Wildman–Crippen LogP) is 4.41. The number of halogens is 2. The van der Waals surface area contributed by atoms with Gasteiger partial charge in [0.25, 0.3) is 0 Å². The van der Waals surface area contributed by atoms with E-state index >= 15 is 0 Å². The molecule has 0 N–H and O–H groups in total. The fraction of sp³-hybridized carbons (Fsp3) is 0. The van der Waals surface area contributed by atoms with Gasteiger partial charge in [-0.15, -0.1) is 0 Å². The van der Waals surface area contributed by atoms with Crippen LogP contribution in [0.4, 0.5) is 0 Å². The van der Waals surface area contributed by atoms with Crippen molar-refractivity contribution in [1.29, 1.82) is 5.26 Å². The maximum Gasteiger partial charge on any atom is 0.101 e. The van der Waals surface area contributed by atoms with E-state index in [2.05, 4.69) is 4.98 Å². The Morgan fingerprint density at radius 2 is 2.00 bits per heavy atom. The molecule has 0 atom stereocenters. The molecule has 84 valence electrons. The summed E-state index contributed by atoms with van der Waals surface area (Å²) in [7, 11) is 0. The molecule has 0 bridgehead atoms. The molecule has 2 rings (SSSR count). The molecule has 0 aliphatic rings. The van der Waals surface area contributed by atoms with E-state index < -0.39 is 0 Å². The minimum absolute atomic E-state index is 0.545. The molecule has 0 aliphatic heterocycles. The van der Waals surface area contributed by atoms with Crippen molar-refractivity contribution in [3.63, 3.8) is 0 Å². The van der Waals surface area contributed by atoms with Gasteiger partial charge in [0, 0.05) is 11.1 Å². The summed E-state index contributed by atoms with van der Waals surface area (Å²) in [5, 5.41) is 10.7. The first-order chi connectivity index (χ1) is 8.19. The maximum atomic E-state index is 8.73. The Labute approximate surface area is 113 Å². The van der Waals surface area contributed by atoms with E-state index in [1.165, 1.54) is 11.8 Å². The summed E-state index contributed by atoms with van der Waals surface area (Å²) in [6, 6.07) is 10.8. The predicted molar refractivity (Wildman–Crippen MR) is 69.5 cm³/mol. The van der Waals surface area contributed by atoms with E-state index in [0.717, 1.165) is 9.92 Å². The van der Waals surface area contributed by atoms with Gasteiger partial charge in [-0.05, 0) is 30.3 Å². The lowest BCUT2D eigenvalue weighted by Crippen LogP contribution is -1.81. The Bertz CT molecular complexity index is 576. The first kappa shape index (κ1) is 12.3. The van der Waals surface area contributed by atoms with Crippen LogP contribution in [-0.2, 0) is 0 Å². The monoisotopic (exact) mass is 280 g/mol. The molecule has 5 heteroatoms. The van der Waals surface area contributed by atoms with Gasteiger partial charge < -0.3 is 0 Å². The molecule has 0 radical (unpaired) electrons. The minimum atomic E-state index is 0.545. The Hall–Kier alpha value is -1.21. The van der Waals surface area contributed by atoms with Crippen LogP contribution in [0.1, 0.15) is 5.56 Å². The van der Waals surface area contributed by atoms with Gasteiger partial charge in [0.05, 0.1) is 21.7 Å². The Kier molecular flexibility index (Phi) is 3.90. The van der Waals surface area contributed by atoms with Gasteiger partial charge >= 0.3 is 0 Å². The number of benzene rings is 1. The highest BCUT2D eigenvalue weighted by Gasteiger charge is 2.05. The second-order valence-corrected chi connectivity index (χ2v) is 5.08. The Balaban J connectivity index is 2.25. The molecule has 0 fully saturated rings. The lowest BCUT2D eigenvalue weighted by molar-refractivity contribution is 1.13. The zero-order chi connectivity index (χ0) is 12.3. The summed E-state index contributed by atoms with van der Waals surface area (Å²) in [5.41, 5.74) is 0.545. The van der Waals surface area contributed by atoms with Gasteiger partial charge in [-0.3, -0.25) is 0 Å². The van der Waals surface area contributed by atoms with E-state index in [1.807, 2.05) is 18.2 Å².